The van der Waals surface area contributed by atoms with E-state index in [0.29, 0.717) is 22.6 Å². The van der Waals surface area contributed by atoms with Gasteiger partial charge in [0, 0.05) is 0 Å². The highest BCUT2D eigenvalue weighted by molar-refractivity contribution is 7.91. The van der Waals surface area contributed by atoms with Crippen molar-refractivity contribution < 1.29 is 13.2 Å². The maximum atomic E-state index is 12.9. The minimum Gasteiger partial charge on any atom is -0.495 e. The Morgan fingerprint density at radius 1 is 1.00 bits per heavy atom. The van der Waals surface area contributed by atoms with Gasteiger partial charge in [0.1, 0.15) is 28.6 Å². The average molecular weight is 408 g/mol. The Morgan fingerprint density at radius 2 is 1.72 bits per heavy atom. The van der Waals surface area contributed by atoms with Gasteiger partial charge in [-0.25, -0.2) is 18.4 Å². The van der Waals surface area contributed by atoms with Crippen LogP contribution in [-0.2, 0) is 9.84 Å². The molecule has 0 unspecified atom stereocenters. The highest BCUT2D eigenvalue weighted by Gasteiger charge is 2.21. The Kier molecular flexibility index (Phi) is 4.71. The SMILES string of the molecule is COc1cc(C)c(C)cc1Nc1ncnc2[nH]c(S(=O)(=O)c3ccccc3)cc12. The van der Waals surface area contributed by atoms with Crippen molar-refractivity contribution in [2.75, 3.05) is 12.4 Å². The summed E-state index contributed by atoms with van der Waals surface area (Å²) in [4.78, 5) is 11.6. The number of sulfone groups is 1. The van der Waals surface area contributed by atoms with Gasteiger partial charge in [-0.2, -0.15) is 0 Å². The molecule has 2 aromatic carbocycles. The van der Waals surface area contributed by atoms with Crippen LogP contribution < -0.4 is 10.1 Å². The van der Waals surface area contributed by atoms with Crippen LogP contribution in [0.25, 0.3) is 11.0 Å². The van der Waals surface area contributed by atoms with Crippen molar-refractivity contribution in [3.63, 3.8) is 0 Å². The van der Waals surface area contributed by atoms with Crippen LogP contribution in [0.4, 0.5) is 11.5 Å². The summed E-state index contributed by atoms with van der Waals surface area (Å²) in [5.74, 6) is 1.16. The predicted molar refractivity (Wildman–Crippen MR) is 112 cm³/mol. The van der Waals surface area contributed by atoms with Crippen molar-refractivity contribution in [3.05, 3.63) is 66.0 Å². The first-order valence-corrected chi connectivity index (χ1v) is 10.4. The average Bonchev–Trinajstić information content (AvgIpc) is 3.17. The quantitative estimate of drug-likeness (QED) is 0.515. The summed E-state index contributed by atoms with van der Waals surface area (Å²) in [6, 6.07) is 13.7. The van der Waals surface area contributed by atoms with Crippen LogP contribution in [0.5, 0.6) is 5.75 Å². The number of nitrogens with one attached hydrogen (secondary N) is 2. The van der Waals surface area contributed by atoms with Gasteiger partial charge in [0.15, 0.2) is 0 Å². The fraction of sp³-hybridized carbons (Fsp3) is 0.143. The van der Waals surface area contributed by atoms with E-state index in [9.17, 15) is 8.42 Å². The van der Waals surface area contributed by atoms with Crippen LogP contribution in [0.2, 0.25) is 0 Å². The zero-order valence-electron chi connectivity index (χ0n) is 16.2. The van der Waals surface area contributed by atoms with Crippen molar-refractivity contribution >= 4 is 32.4 Å². The predicted octanol–water partition coefficient (Wildman–Crippen LogP) is 4.16. The molecular formula is C21H20N4O3S. The fourth-order valence-corrected chi connectivity index (χ4v) is 4.34. The van der Waals surface area contributed by atoms with Gasteiger partial charge < -0.3 is 15.0 Å². The fourth-order valence-electron chi connectivity index (χ4n) is 3.07. The van der Waals surface area contributed by atoms with Crippen LogP contribution >= 0.6 is 0 Å². The Morgan fingerprint density at radius 3 is 2.45 bits per heavy atom. The number of nitrogens with zero attached hydrogens (tertiary/aromatic N) is 2. The molecule has 0 amide bonds. The molecule has 4 rings (SSSR count). The number of aromatic nitrogens is 3. The zero-order chi connectivity index (χ0) is 20.6. The molecule has 0 saturated heterocycles. The summed E-state index contributed by atoms with van der Waals surface area (Å²) in [7, 11) is -2.09. The largest absolute Gasteiger partial charge is 0.495 e. The second kappa shape index (κ2) is 7.21. The molecule has 2 aromatic heterocycles. The normalized spacial score (nSPS) is 11.6. The van der Waals surface area contributed by atoms with E-state index in [-0.39, 0.29) is 9.92 Å². The number of benzene rings is 2. The lowest BCUT2D eigenvalue weighted by atomic mass is 10.1. The summed E-state index contributed by atoms with van der Waals surface area (Å²) >= 11 is 0. The number of hydrogen-bond acceptors (Lipinski definition) is 6. The molecule has 0 bridgehead atoms. The number of anilines is 2. The van der Waals surface area contributed by atoms with Crippen molar-refractivity contribution in [2.45, 2.75) is 23.8 Å². The van der Waals surface area contributed by atoms with Gasteiger partial charge in [0.05, 0.1) is 23.1 Å². The number of ether oxygens (including phenoxy) is 1. The number of aryl methyl sites for hydroxylation is 2. The minimum absolute atomic E-state index is 0.0642. The first-order valence-electron chi connectivity index (χ1n) is 8.96. The van der Waals surface area contributed by atoms with Crippen molar-refractivity contribution in [1.82, 2.24) is 15.0 Å². The molecule has 2 heterocycles. The first-order chi connectivity index (χ1) is 13.9. The molecule has 0 atom stereocenters. The molecule has 8 heteroatoms. The first kappa shape index (κ1) is 18.9. The monoisotopic (exact) mass is 408 g/mol. The molecule has 0 aliphatic carbocycles. The second-order valence-corrected chi connectivity index (χ2v) is 8.61. The minimum atomic E-state index is -3.69. The van der Waals surface area contributed by atoms with Gasteiger partial charge in [0.25, 0.3) is 0 Å². The maximum Gasteiger partial charge on any atom is 0.221 e. The van der Waals surface area contributed by atoms with Crippen LogP contribution in [-0.4, -0.2) is 30.5 Å². The Balaban J connectivity index is 1.80. The molecule has 0 aliphatic rings. The summed E-state index contributed by atoms with van der Waals surface area (Å²) < 4.78 is 31.3. The molecule has 29 heavy (non-hydrogen) atoms. The number of rotatable bonds is 5. The van der Waals surface area contributed by atoms with Crippen LogP contribution in [0.3, 0.4) is 0 Å². The van der Waals surface area contributed by atoms with Gasteiger partial charge in [-0.1, -0.05) is 18.2 Å². The lowest BCUT2D eigenvalue weighted by molar-refractivity contribution is 0.416. The number of aromatic amines is 1. The third-order valence-corrected chi connectivity index (χ3v) is 6.50. The summed E-state index contributed by atoms with van der Waals surface area (Å²) in [5, 5.41) is 3.88. The number of fused-ring (bicyclic) bond motifs is 1. The van der Waals surface area contributed by atoms with Crippen LogP contribution in [0, 0.1) is 13.8 Å². The smallest absolute Gasteiger partial charge is 0.221 e. The zero-order valence-corrected chi connectivity index (χ0v) is 17.0. The molecule has 0 radical (unpaired) electrons. The van der Waals surface area contributed by atoms with Gasteiger partial charge in [-0.15, -0.1) is 0 Å². The standard InChI is InChI=1S/C21H20N4O3S/c1-13-9-17(18(28-3)10-14(13)2)24-20-16-11-19(25-21(16)23-12-22-20)29(26,27)15-7-5-4-6-8-15/h4-12H,1-3H3,(H2,22,23,24,25). The lowest BCUT2D eigenvalue weighted by Gasteiger charge is -2.13. The molecule has 2 N–H and O–H groups in total. The topological polar surface area (TPSA) is 97.0 Å². The van der Waals surface area contributed by atoms with Gasteiger partial charge >= 0.3 is 0 Å². The Labute approximate surface area is 168 Å². The van der Waals surface area contributed by atoms with Crippen LogP contribution in [0.1, 0.15) is 11.1 Å². The van der Waals surface area contributed by atoms with E-state index in [4.69, 9.17) is 4.74 Å². The van der Waals surface area contributed by atoms with Crippen molar-refractivity contribution in [3.8, 4) is 5.75 Å². The molecule has 0 spiro atoms. The van der Waals surface area contributed by atoms with Crippen molar-refractivity contribution in [1.29, 1.82) is 0 Å². The molecular weight excluding hydrogens is 388 g/mol. The Bertz CT molecular complexity index is 1300. The molecule has 7 nitrogen and oxygen atoms in total. The van der Waals surface area contributed by atoms with E-state index < -0.39 is 9.84 Å². The number of hydrogen-bond donors (Lipinski definition) is 2. The van der Waals surface area contributed by atoms with E-state index in [0.717, 1.165) is 16.8 Å². The molecule has 0 fully saturated rings. The highest BCUT2D eigenvalue weighted by Crippen LogP contribution is 2.33. The van der Waals surface area contributed by atoms with E-state index in [1.165, 1.54) is 6.33 Å². The third kappa shape index (κ3) is 3.42. The van der Waals surface area contributed by atoms with E-state index in [1.54, 1.807) is 43.5 Å². The number of H-pyrrole nitrogens is 1. The summed E-state index contributed by atoms with van der Waals surface area (Å²) in [6.07, 6.45) is 1.38. The third-order valence-electron chi connectivity index (χ3n) is 4.81. The van der Waals surface area contributed by atoms with Gasteiger partial charge in [-0.3, -0.25) is 0 Å². The van der Waals surface area contributed by atoms with Crippen LogP contribution in [0.15, 0.2) is 64.8 Å². The van der Waals surface area contributed by atoms with Gasteiger partial charge in [-0.05, 0) is 55.3 Å². The second-order valence-electron chi connectivity index (χ2n) is 6.70. The highest BCUT2D eigenvalue weighted by atomic mass is 32.2. The molecule has 0 aliphatic heterocycles. The molecule has 148 valence electrons. The lowest BCUT2D eigenvalue weighted by Crippen LogP contribution is -2.01. The number of methoxy groups -OCH3 is 1. The van der Waals surface area contributed by atoms with E-state index in [2.05, 4.69) is 20.3 Å². The van der Waals surface area contributed by atoms with Gasteiger partial charge in [0.2, 0.25) is 9.84 Å². The van der Waals surface area contributed by atoms with E-state index >= 15 is 0 Å². The van der Waals surface area contributed by atoms with E-state index in [1.807, 2.05) is 26.0 Å². The maximum absolute atomic E-state index is 12.9. The van der Waals surface area contributed by atoms with Crippen molar-refractivity contribution in [2.24, 2.45) is 0 Å². The molecule has 0 saturated carbocycles. The summed E-state index contributed by atoms with van der Waals surface area (Å²) in [6.45, 7) is 4.02. The molecule has 4 aromatic rings. The Hall–Kier alpha value is -3.39. The summed E-state index contributed by atoms with van der Waals surface area (Å²) in [5.41, 5.74) is 3.38.